The number of piperidine rings is 1. The maximum Gasteiger partial charge on any atom is 0.108 e. The molecule has 1 aliphatic rings. The summed E-state index contributed by atoms with van der Waals surface area (Å²) in [5.74, 6) is 0.800. The van der Waals surface area contributed by atoms with Gasteiger partial charge in [0.15, 0.2) is 0 Å². The molecule has 0 amide bonds. The Balaban J connectivity index is 1.78. The van der Waals surface area contributed by atoms with Gasteiger partial charge in [0.25, 0.3) is 0 Å². The van der Waals surface area contributed by atoms with E-state index in [1.54, 1.807) is 0 Å². The molecule has 1 N–H and O–H groups in total. The van der Waals surface area contributed by atoms with Gasteiger partial charge in [0, 0.05) is 19.6 Å². The van der Waals surface area contributed by atoms with Gasteiger partial charge in [-0.05, 0) is 25.2 Å². The van der Waals surface area contributed by atoms with Gasteiger partial charge in [-0.15, -0.1) is 5.10 Å². The van der Waals surface area contributed by atoms with Crippen LogP contribution in [0.25, 0.3) is 0 Å². The molecule has 0 unspecified atom stereocenters. The molecular formula is C14H26N4O. The average molecular weight is 266 g/mol. The largest absolute Gasteiger partial charge is 0.390 e. The number of hydrogen-bond acceptors (Lipinski definition) is 4. The van der Waals surface area contributed by atoms with Crippen LogP contribution in [0.4, 0.5) is 0 Å². The summed E-state index contributed by atoms with van der Waals surface area (Å²) in [5, 5.41) is 17.1. The molecule has 1 aromatic rings. The van der Waals surface area contributed by atoms with Crippen molar-refractivity contribution in [2.75, 3.05) is 19.6 Å². The van der Waals surface area contributed by atoms with Crippen LogP contribution in [0.15, 0.2) is 6.20 Å². The highest BCUT2D eigenvalue weighted by Crippen LogP contribution is 2.22. The molecule has 0 spiro atoms. The SMILES string of the molecule is CCC[C@@H](C)CN1CCC(n2cc(CO)nn2)CC1. The molecule has 108 valence electrons. The molecular weight excluding hydrogens is 240 g/mol. The van der Waals surface area contributed by atoms with Crippen LogP contribution >= 0.6 is 0 Å². The molecule has 5 heteroatoms. The van der Waals surface area contributed by atoms with E-state index in [0.29, 0.717) is 11.7 Å². The van der Waals surface area contributed by atoms with E-state index in [4.69, 9.17) is 5.11 Å². The van der Waals surface area contributed by atoms with Gasteiger partial charge in [-0.1, -0.05) is 25.5 Å². The third kappa shape index (κ3) is 4.01. The van der Waals surface area contributed by atoms with Gasteiger partial charge in [0.2, 0.25) is 0 Å². The highest BCUT2D eigenvalue weighted by molar-refractivity contribution is 4.91. The molecule has 1 saturated heterocycles. The molecule has 1 aromatic heterocycles. The predicted octanol–water partition coefficient (Wildman–Crippen LogP) is 1.84. The van der Waals surface area contributed by atoms with Gasteiger partial charge in [0.1, 0.15) is 5.69 Å². The number of aliphatic hydroxyl groups excluding tert-OH is 1. The molecule has 0 bridgehead atoms. The van der Waals surface area contributed by atoms with Crippen LogP contribution in [0.2, 0.25) is 0 Å². The first-order valence-electron chi connectivity index (χ1n) is 7.46. The van der Waals surface area contributed by atoms with Crippen molar-refractivity contribution in [3.8, 4) is 0 Å². The molecule has 1 fully saturated rings. The maximum atomic E-state index is 9.02. The molecule has 5 nitrogen and oxygen atoms in total. The first-order valence-corrected chi connectivity index (χ1v) is 7.46. The normalized spacial score (nSPS) is 19.7. The number of hydrogen-bond donors (Lipinski definition) is 1. The Bertz CT molecular complexity index is 371. The minimum absolute atomic E-state index is 0.0205. The third-order valence-electron chi connectivity index (χ3n) is 4.00. The van der Waals surface area contributed by atoms with E-state index in [1.807, 2.05) is 10.9 Å². The Labute approximate surface area is 115 Å². The van der Waals surface area contributed by atoms with Crippen LogP contribution in [0.3, 0.4) is 0 Å². The second-order valence-electron chi connectivity index (χ2n) is 5.77. The van der Waals surface area contributed by atoms with Crippen molar-refractivity contribution < 1.29 is 5.11 Å². The van der Waals surface area contributed by atoms with Crippen LogP contribution < -0.4 is 0 Å². The summed E-state index contributed by atoms with van der Waals surface area (Å²) in [5.41, 5.74) is 0.666. The fourth-order valence-electron chi connectivity index (χ4n) is 2.96. The van der Waals surface area contributed by atoms with Crippen molar-refractivity contribution >= 4 is 0 Å². The van der Waals surface area contributed by atoms with Crippen molar-refractivity contribution in [1.82, 2.24) is 19.9 Å². The van der Waals surface area contributed by atoms with Gasteiger partial charge in [-0.2, -0.15) is 0 Å². The van der Waals surface area contributed by atoms with Crippen LogP contribution in [-0.4, -0.2) is 44.6 Å². The summed E-state index contributed by atoms with van der Waals surface area (Å²) < 4.78 is 1.93. The van der Waals surface area contributed by atoms with Crippen LogP contribution in [0.5, 0.6) is 0 Å². The second kappa shape index (κ2) is 7.01. The summed E-state index contributed by atoms with van der Waals surface area (Å²) in [6.07, 6.45) is 6.74. The quantitative estimate of drug-likeness (QED) is 0.853. The summed E-state index contributed by atoms with van der Waals surface area (Å²) in [4.78, 5) is 2.57. The smallest absolute Gasteiger partial charge is 0.108 e. The zero-order valence-corrected chi connectivity index (χ0v) is 12.1. The highest BCUT2D eigenvalue weighted by atomic mass is 16.3. The van der Waals surface area contributed by atoms with E-state index in [0.717, 1.165) is 31.8 Å². The molecule has 0 radical (unpaired) electrons. The Morgan fingerprint density at radius 2 is 2.16 bits per heavy atom. The van der Waals surface area contributed by atoms with Crippen LogP contribution in [0, 0.1) is 5.92 Å². The van der Waals surface area contributed by atoms with E-state index in [-0.39, 0.29) is 6.61 Å². The zero-order chi connectivity index (χ0) is 13.7. The molecule has 1 aliphatic heterocycles. The molecule has 2 rings (SSSR count). The van der Waals surface area contributed by atoms with E-state index in [2.05, 4.69) is 29.1 Å². The van der Waals surface area contributed by atoms with E-state index in [9.17, 15) is 0 Å². The number of aliphatic hydroxyl groups is 1. The van der Waals surface area contributed by atoms with Gasteiger partial charge in [-0.25, -0.2) is 4.68 Å². The summed E-state index contributed by atoms with van der Waals surface area (Å²) in [6, 6.07) is 0.450. The lowest BCUT2D eigenvalue weighted by Gasteiger charge is -2.33. The lowest BCUT2D eigenvalue weighted by Crippen LogP contribution is -2.37. The van der Waals surface area contributed by atoms with Crippen molar-refractivity contribution in [1.29, 1.82) is 0 Å². The second-order valence-corrected chi connectivity index (χ2v) is 5.77. The van der Waals surface area contributed by atoms with Crippen LogP contribution in [0.1, 0.15) is 51.3 Å². The first kappa shape index (κ1) is 14.5. The Morgan fingerprint density at radius 3 is 2.74 bits per heavy atom. The monoisotopic (exact) mass is 266 g/mol. The number of likely N-dealkylation sites (tertiary alicyclic amines) is 1. The third-order valence-corrected chi connectivity index (χ3v) is 4.00. The van der Waals surface area contributed by atoms with Gasteiger partial charge in [0.05, 0.1) is 18.8 Å². The van der Waals surface area contributed by atoms with Crippen molar-refractivity contribution in [3.63, 3.8) is 0 Å². The number of rotatable bonds is 6. The zero-order valence-electron chi connectivity index (χ0n) is 12.1. The van der Waals surface area contributed by atoms with Crippen molar-refractivity contribution in [2.45, 2.75) is 52.2 Å². The van der Waals surface area contributed by atoms with Gasteiger partial charge < -0.3 is 10.0 Å². The van der Waals surface area contributed by atoms with E-state index >= 15 is 0 Å². The standard InChI is InChI=1S/C14H26N4O/c1-3-4-12(2)9-17-7-5-14(6-8-17)18-10-13(11-19)15-16-18/h10,12,14,19H,3-9,11H2,1-2H3/t12-/m1/s1. The Morgan fingerprint density at radius 1 is 1.42 bits per heavy atom. The molecule has 19 heavy (non-hydrogen) atoms. The number of nitrogens with zero attached hydrogens (tertiary/aromatic N) is 4. The Hall–Kier alpha value is -0.940. The van der Waals surface area contributed by atoms with Crippen molar-refractivity contribution in [2.24, 2.45) is 5.92 Å². The molecule has 0 saturated carbocycles. The molecule has 2 heterocycles. The topological polar surface area (TPSA) is 54.2 Å². The summed E-state index contributed by atoms with van der Waals surface area (Å²) >= 11 is 0. The first-order chi connectivity index (χ1) is 9.22. The van der Waals surface area contributed by atoms with Gasteiger partial charge in [-0.3, -0.25) is 0 Å². The molecule has 0 aliphatic carbocycles. The Kier molecular flexibility index (Phi) is 5.34. The lowest BCUT2D eigenvalue weighted by atomic mass is 10.0. The minimum Gasteiger partial charge on any atom is -0.390 e. The summed E-state index contributed by atoms with van der Waals surface area (Å²) in [7, 11) is 0. The van der Waals surface area contributed by atoms with Crippen LogP contribution in [-0.2, 0) is 6.61 Å². The van der Waals surface area contributed by atoms with E-state index < -0.39 is 0 Å². The molecule has 1 atom stereocenters. The van der Waals surface area contributed by atoms with Crippen molar-refractivity contribution in [3.05, 3.63) is 11.9 Å². The predicted molar refractivity (Wildman–Crippen MR) is 74.7 cm³/mol. The summed E-state index contributed by atoms with van der Waals surface area (Å²) in [6.45, 7) is 8.10. The van der Waals surface area contributed by atoms with E-state index in [1.165, 1.54) is 19.4 Å². The number of aromatic nitrogens is 3. The average Bonchev–Trinajstić information content (AvgIpc) is 2.88. The minimum atomic E-state index is -0.0205. The fourth-order valence-corrected chi connectivity index (χ4v) is 2.96. The fraction of sp³-hybridized carbons (Fsp3) is 0.857. The molecule has 0 aromatic carbocycles. The lowest BCUT2D eigenvalue weighted by molar-refractivity contribution is 0.157. The van der Waals surface area contributed by atoms with Gasteiger partial charge >= 0.3 is 0 Å². The highest BCUT2D eigenvalue weighted by Gasteiger charge is 2.22. The maximum absolute atomic E-state index is 9.02.